The maximum atomic E-state index is 4.59. The average Bonchev–Trinajstić information content (AvgIpc) is 2.98. The van der Waals surface area contributed by atoms with Crippen LogP contribution in [0.25, 0.3) is 0 Å². The number of guanidine groups is 1. The van der Waals surface area contributed by atoms with Crippen molar-refractivity contribution in [1.82, 2.24) is 20.0 Å². The van der Waals surface area contributed by atoms with Gasteiger partial charge in [-0.2, -0.15) is 0 Å². The highest BCUT2D eigenvalue weighted by molar-refractivity contribution is 14.0. The minimum absolute atomic E-state index is 0. The fourth-order valence-corrected chi connectivity index (χ4v) is 4.76. The SMILES string of the molecule is CN=C(NCC1CN(C)CCN1C)N1CCC2(CCC(C)CC2)C1.I. The molecule has 25 heavy (non-hydrogen) atoms. The highest BCUT2D eigenvalue weighted by atomic mass is 127. The molecule has 3 fully saturated rings. The summed E-state index contributed by atoms with van der Waals surface area (Å²) in [6.45, 7) is 9.27. The van der Waals surface area contributed by atoms with E-state index in [1.54, 1.807) is 0 Å². The van der Waals surface area contributed by atoms with Crippen molar-refractivity contribution in [2.24, 2.45) is 16.3 Å². The maximum Gasteiger partial charge on any atom is 0.193 e. The lowest BCUT2D eigenvalue weighted by atomic mass is 9.70. The fraction of sp³-hybridized carbons (Fsp3) is 0.947. The first-order chi connectivity index (χ1) is 11.5. The van der Waals surface area contributed by atoms with Crippen LogP contribution in [0.2, 0.25) is 0 Å². The van der Waals surface area contributed by atoms with E-state index in [0.717, 1.165) is 31.5 Å². The molecule has 0 bridgehead atoms. The number of rotatable bonds is 2. The van der Waals surface area contributed by atoms with Gasteiger partial charge in [0.25, 0.3) is 0 Å². The minimum Gasteiger partial charge on any atom is -0.355 e. The average molecular weight is 463 g/mol. The molecule has 1 spiro atoms. The van der Waals surface area contributed by atoms with Crippen LogP contribution in [0.3, 0.4) is 0 Å². The molecule has 3 aliphatic rings. The lowest BCUT2D eigenvalue weighted by molar-refractivity contribution is 0.116. The molecule has 1 atom stereocenters. The number of nitrogens with one attached hydrogen (secondary N) is 1. The molecule has 1 aliphatic carbocycles. The second-order valence-corrected chi connectivity index (χ2v) is 8.68. The largest absolute Gasteiger partial charge is 0.355 e. The van der Waals surface area contributed by atoms with Crippen molar-refractivity contribution >= 4 is 29.9 Å². The summed E-state index contributed by atoms with van der Waals surface area (Å²) in [6.07, 6.45) is 7.01. The van der Waals surface area contributed by atoms with Gasteiger partial charge in [-0.1, -0.05) is 19.8 Å². The number of halogens is 1. The molecule has 2 aliphatic heterocycles. The van der Waals surface area contributed by atoms with Crippen LogP contribution < -0.4 is 5.32 Å². The van der Waals surface area contributed by atoms with Gasteiger partial charge in [-0.25, -0.2) is 0 Å². The zero-order valence-electron chi connectivity index (χ0n) is 16.6. The van der Waals surface area contributed by atoms with Crippen molar-refractivity contribution < 1.29 is 0 Å². The van der Waals surface area contributed by atoms with E-state index in [4.69, 9.17) is 0 Å². The van der Waals surface area contributed by atoms with Gasteiger partial charge < -0.3 is 15.1 Å². The molecule has 3 rings (SSSR count). The van der Waals surface area contributed by atoms with Crippen molar-refractivity contribution in [2.75, 3.05) is 60.4 Å². The Morgan fingerprint density at radius 2 is 1.84 bits per heavy atom. The van der Waals surface area contributed by atoms with Crippen molar-refractivity contribution in [3.63, 3.8) is 0 Å². The molecule has 0 aromatic heterocycles. The summed E-state index contributed by atoms with van der Waals surface area (Å²) in [6, 6.07) is 0.576. The van der Waals surface area contributed by atoms with Crippen LogP contribution in [0.4, 0.5) is 0 Å². The van der Waals surface area contributed by atoms with Gasteiger partial charge in [0.15, 0.2) is 5.96 Å². The summed E-state index contributed by atoms with van der Waals surface area (Å²) in [5.41, 5.74) is 0.575. The van der Waals surface area contributed by atoms with E-state index in [9.17, 15) is 0 Å². The van der Waals surface area contributed by atoms with Crippen LogP contribution in [-0.2, 0) is 0 Å². The first kappa shape index (κ1) is 21.2. The molecule has 2 heterocycles. The van der Waals surface area contributed by atoms with E-state index in [1.165, 1.54) is 51.7 Å². The zero-order valence-corrected chi connectivity index (χ0v) is 19.0. The zero-order chi connectivity index (χ0) is 17.2. The van der Waals surface area contributed by atoms with E-state index in [-0.39, 0.29) is 24.0 Å². The summed E-state index contributed by atoms with van der Waals surface area (Å²) in [4.78, 5) is 12.0. The van der Waals surface area contributed by atoms with Crippen LogP contribution in [0, 0.1) is 11.3 Å². The minimum atomic E-state index is 0. The molecular weight excluding hydrogens is 425 g/mol. The van der Waals surface area contributed by atoms with Gasteiger partial charge in [-0.3, -0.25) is 9.89 Å². The van der Waals surface area contributed by atoms with E-state index in [0.29, 0.717) is 11.5 Å². The quantitative estimate of drug-likeness (QED) is 0.387. The number of hydrogen-bond acceptors (Lipinski definition) is 3. The molecule has 146 valence electrons. The Labute approximate surface area is 171 Å². The highest BCUT2D eigenvalue weighted by Gasteiger charge is 2.41. The molecular formula is C19H38IN5. The first-order valence-corrected chi connectivity index (χ1v) is 9.86. The summed E-state index contributed by atoms with van der Waals surface area (Å²) in [5.74, 6) is 2.05. The van der Waals surface area contributed by atoms with Crippen molar-refractivity contribution in [3.05, 3.63) is 0 Å². The monoisotopic (exact) mass is 463 g/mol. The third-order valence-corrected chi connectivity index (χ3v) is 6.76. The number of nitrogens with zero attached hydrogens (tertiary/aromatic N) is 4. The van der Waals surface area contributed by atoms with Gasteiger partial charge in [-0.15, -0.1) is 24.0 Å². The van der Waals surface area contributed by atoms with Crippen LogP contribution in [0.15, 0.2) is 4.99 Å². The Balaban J connectivity index is 0.00000225. The fourth-order valence-electron chi connectivity index (χ4n) is 4.76. The van der Waals surface area contributed by atoms with Crippen molar-refractivity contribution in [3.8, 4) is 0 Å². The summed E-state index contributed by atoms with van der Waals surface area (Å²) < 4.78 is 0. The first-order valence-electron chi connectivity index (χ1n) is 9.86. The number of likely N-dealkylation sites (tertiary alicyclic amines) is 1. The van der Waals surface area contributed by atoms with Crippen molar-refractivity contribution in [2.45, 2.75) is 45.1 Å². The molecule has 6 heteroatoms. The number of likely N-dealkylation sites (N-methyl/N-ethyl adjacent to an activating group) is 2. The summed E-state index contributed by atoms with van der Waals surface area (Å²) in [7, 11) is 6.41. The summed E-state index contributed by atoms with van der Waals surface area (Å²) >= 11 is 0. The maximum absolute atomic E-state index is 4.59. The Hall–Kier alpha value is -0.0800. The molecule has 0 radical (unpaired) electrons. The van der Waals surface area contributed by atoms with E-state index in [1.807, 2.05) is 7.05 Å². The van der Waals surface area contributed by atoms with E-state index >= 15 is 0 Å². The molecule has 0 amide bonds. The van der Waals surface area contributed by atoms with Gasteiger partial charge in [0.1, 0.15) is 0 Å². The second-order valence-electron chi connectivity index (χ2n) is 8.68. The van der Waals surface area contributed by atoms with Crippen LogP contribution in [-0.4, -0.2) is 87.1 Å². The second kappa shape index (κ2) is 9.22. The van der Waals surface area contributed by atoms with Gasteiger partial charge in [0.05, 0.1) is 0 Å². The lowest BCUT2D eigenvalue weighted by Crippen LogP contribution is -2.55. The standard InChI is InChI=1S/C19H37N5.HI/c1-16-5-7-19(8-6-16)9-10-24(15-19)18(20-2)21-13-17-14-22(3)11-12-23(17)4;/h16-17H,5-15H2,1-4H3,(H,20,21);1H. The molecule has 0 aromatic rings. The normalized spacial score (nSPS) is 35.0. The third kappa shape index (κ3) is 5.22. The molecule has 5 nitrogen and oxygen atoms in total. The third-order valence-electron chi connectivity index (χ3n) is 6.76. The van der Waals surface area contributed by atoms with Crippen LogP contribution in [0.1, 0.15) is 39.0 Å². The number of piperazine rings is 1. The Morgan fingerprint density at radius 3 is 2.52 bits per heavy atom. The van der Waals surface area contributed by atoms with Gasteiger partial charge in [0, 0.05) is 52.4 Å². The van der Waals surface area contributed by atoms with Gasteiger partial charge in [-0.05, 0) is 44.7 Å². The smallest absolute Gasteiger partial charge is 0.193 e. The van der Waals surface area contributed by atoms with Gasteiger partial charge >= 0.3 is 0 Å². The van der Waals surface area contributed by atoms with Crippen molar-refractivity contribution in [1.29, 1.82) is 0 Å². The lowest BCUT2D eigenvalue weighted by Gasteiger charge is -2.38. The van der Waals surface area contributed by atoms with Crippen LogP contribution in [0.5, 0.6) is 0 Å². The highest BCUT2D eigenvalue weighted by Crippen LogP contribution is 2.45. The van der Waals surface area contributed by atoms with E-state index < -0.39 is 0 Å². The molecule has 1 N–H and O–H groups in total. The predicted molar refractivity (Wildman–Crippen MR) is 117 cm³/mol. The molecule has 2 saturated heterocycles. The van der Waals surface area contributed by atoms with Gasteiger partial charge in [0.2, 0.25) is 0 Å². The Morgan fingerprint density at radius 1 is 1.12 bits per heavy atom. The molecule has 1 saturated carbocycles. The van der Waals surface area contributed by atoms with E-state index in [2.05, 4.69) is 46.0 Å². The Kier molecular flexibility index (Phi) is 7.83. The number of hydrogen-bond donors (Lipinski definition) is 1. The Bertz CT molecular complexity index is 447. The summed E-state index contributed by atoms with van der Waals surface area (Å²) in [5, 5.41) is 3.67. The predicted octanol–water partition coefficient (Wildman–Crippen LogP) is 2.33. The topological polar surface area (TPSA) is 34.1 Å². The number of aliphatic imine (C=N–C) groups is 1. The molecule has 0 aromatic carbocycles. The molecule has 1 unspecified atom stereocenters. The van der Waals surface area contributed by atoms with Crippen LogP contribution >= 0.6 is 24.0 Å².